The van der Waals surface area contributed by atoms with Crippen molar-refractivity contribution in [3.63, 3.8) is 0 Å². The van der Waals surface area contributed by atoms with Gasteiger partial charge in [0.25, 0.3) is 0 Å². The van der Waals surface area contributed by atoms with E-state index in [-0.39, 0.29) is 6.54 Å². The molecular weight excluding hydrogens is 330 g/mol. The summed E-state index contributed by atoms with van der Waals surface area (Å²) in [6.07, 6.45) is 0.843. The van der Waals surface area contributed by atoms with Crippen LogP contribution in [0, 0.1) is 6.92 Å². The van der Waals surface area contributed by atoms with E-state index < -0.39 is 5.60 Å². The first-order chi connectivity index (χ1) is 12.4. The zero-order valence-electron chi connectivity index (χ0n) is 16.0. The van der Waals surface area contributed by atoms with Crippen LogP contribution in [0.5, 0.6) is 5.75 Å². The van der Waals surface area contributed by atoms with Crippen molar-refractivity contribution < 1.29 is 14.3 Å². The fourth-order valence-corrected chi connectivity index (χ4v) is 2.53. The highest BCUT2D eigenvalue weighted by atomic mass is 16.5. The lowest BCUT2D eigenvalue weighted by Gasteiger charge is -2.19. The first kappa shape index (κ1) is 19.8. The van der Waals surface area contributed by atoms with Crippen LogP contribution in [0.3, 0.4) is 0 Å². The Balaban J connectivity index is 1.93. The van der Waals surface area contributed by atoms with Gasteiger partial charge in [-0.25, -0.2) is 4.99 Å². The number of furan rings is 1. The number of benzene rings is 1. The lowest BCUT2D eigenvalue weighted by molar-refractivity contribution is 0.0428. The highest BCUT2D eigenvalue weighted by Crippen LogP contribution is 2.23. The molecule has 0 radical (unpaired) electrons. The zero-order chi connectivity index (χ0) is 19.0. The molecule has 142 valence electrons. The predicted molar refractivity (Wildman–Crippen MR) is 104 cm³/mol. The fraction of sp³-hybridized carbons (Fsp3) is 0.450. The second kappa shape index (κ2) is 9.29. The molecule has 1 heterocycles. The van der Waals surface area contributed by atoms with Crippen LogP contribution in [-0.4, -0.2) is 37.8 Å². The van der Waals surface area contributed by atoms with Crippen LogP contribution in [0.15, 0.2) is 45.8 Å². The number of hydrogen-bond acceptors (Lipinski definition) is 4. The molecule has 0 spiro atoms. The number of nitrogens with one attached hydrogen (secondary N) is 2. The molecule has 0 bridgehead atoms. The molecule has 0 fully saturated rings. The van der Waals surface area contributed by atoms with Gasteiger partial charge in [-0.2, -0.15) is 0 Å². The third kappa shape index (κ3) is 5.81. The van der Waals surface area contributed by atoms with E-state index in [1.807, 2.05) is 38.1 Å². The standard InChI is InChI=1S/C20H29N3O3/c1-5-21-19(22-12-11-16-7-6-8-17(13-16)25-4)23-14-20(3,24)18-10-9-15(2)26-18/h6-10,13,24H,5,11-12,14H2,1-4H3,(H2,21,22,23). The largest absolute Gasteiger partial charge is 0.497 e. The first-order valence-corrected chi connectivity index (χ1v) is 8.89. The highest BCUT2D eigenvalue weighted by molar-refractivity contribution is 5.79. The average molecular weight is 359 g/mol. The molecule has 6 nitrogen and oxygen atoms in total. The maximum absolute atomic E-state index is 10.6. The highest BCUT2D eigenvalue weighted by Gasteiger charge is 2.26. The number of aliphatic imine (C=N–C) groups is 1. The number of rotatable bonds is 8. The summed E-state index contributed by atoms with van der Waals surface area (Å²) in [6.45, 7) is 7.23. The molecule has 1 atom stereocenters. The average Bonchev–Trinajstić information content (AvgIpc) is 3.07. The summed E-state index contributed by atoms with van der Waals surface area (Å²) < 4.78 is 10.8. The molecule has 0 aliphatic heterocycles. The smallest absolute Gasteiger partial charge is 0.191 e. The molecule has 0 saturated heterocycles. The number of aryl methyl sites for hydroxylation is 1. The van der Waals surface area contributed by atoms with E-state index in [1.54, 1.807) is 20.1 Å². The Morgan fingerprint density at radius 1 is 1.27 bits per heavy atom. The van der Waals surface area contributed by atoms with Gasteiger partial charge in [0.15, 0.2) is 5.96 Å². The molecule has 0 aliphatic carbocycles. The van der Waals surface area contributed by atoms with Crippen LogP contribution in [-0.2, 0) is 12.0 Å². The van der Waals surface area contributed by atoms with Crippen molar-refractivity contribution in [2.45, 2.75) is 32.8 Å². The van der Waals surface area contributed by atoms with Gasteiger partial charge in [-0.05, 0) is 57.0 Å². The summed E-state index contributed by atoms with van der Waals surface area (Å²) in [5.74, 6) is 2.81. The summed E-state index contributed by atoms with van der Waals surface area (Å²) in [6, 6.07) is 11.6. The summed E-state index contributed by atoms with van der Waals surface area (Å²) in [5.41, 5.74) is 0.0365. The van der Waals surface area contributed by atoms with Crippen molar-refractivity contribution in [2.24, 2.45) is 4.99 Å². The van der Waals surface area contributed by atoms with Gasteiger partial charge >= 0.3 is 0 Å². The lowest BCUT2D eigenvalue weighted by Crippen LogP contribution is -2.39. The number of methoxy groups -OCH3 is 1. The normalized spacial score (nSPS) is 14.0. The Hall–Kier alpha value is -2.47. The van der Waals surface area contributed by atoms with Crippen molar-refractivity contribution in [3.8, 4) is 5.75 Å². The summed E-state index contributed by atoms with van der Waals surface area (Å²) in [4.78, 5) is 4.50. The summed E-state index contributed by atoms with van der Waals surface area (Å²) in [7, 11) is 1.67. The molecule has 1 aromatic heterocycles. The van der Waals surface area contributed by atoms with Gasteiger partial charge in [-0.3, -0.25) is 0 Å². The molecule has 1 aromatic carbocycles. The van der Waals surface area contributed by atoms with E-state index in [4.69, 9.17) is 9.15 Å². The topological polar surface area (TPSA) is 79.0 Å². The fourth-order valence-electron chi connectivity index (χ4n) is 2.53. The molecule has 0 amide bonds. The van der Waals surface area contributed by atoms with Gasteiger partial charge in [-0.1, -0.05) is 12.1 Å². The van der Waals surface area contributed by atoms with Crippen LogP contribution < -0.4 is 15.4 Å². The SMILES string of the molecule is CCNC(=NCC(C)(O)c1ccc(C)o1)NCCc1cccc(OC)c1. The van der Waals surface area contributed by atoms with E-state index in [2.05, 4.69) is 21.7 Å². The number of aliphatic hydroxyl groups is 1. The molecule has 1 unspecified atom stereocenters. The number of hydrogen-bond donors (Lipinski definition) is 3. The Morgan fingerprint density at radius 2 is 2.08 bits per heavy atom. The monoisotopic (exact) mass is 359 g/mol. The quantitative estimate of drug-likeness (QED) is 0.499. The van der Waals surface area contributed by atoms with Gasteiger partial charge in [0.05, 0.1) is 13.7 Å². The molecule has 26 heavy (non-hydrogen) atoms. The van der Waals surface area contributed by atoms with Crippen molar-refractivity contribution in [1.29, 1.82) is 0 Å². The Kier molecular flexibility index (Phi) is 7.09. The van der Waals surface area contributed by atoms with Gasteiger partial charge in [0.1, 0.15) is 22.9 Å². The maximum atomic E-state index is 10.6. The number of nitrogens with zero attached hydrogens (tertiary/aromatic N) is 1. The van der Waals surface area contributed by atoms with Crippen molar-refractivity contribution >= 4 is 5.96 Å². The van der Waals surface area contributed by atoms with Crippen molar-refractivity contribution in [3.05, 3.63) is 53.5 Å². The van der Waals surface area contributed by atoms with E-state index in [0.717, 1.165) is 31.0 Å². The van der Waals surface area contributed by atoms with E-state index in [0.29, 0.717) is 11.7 Å². The van der Waals surface area contributed by atoms with Crippen LogP contribution in [0.2, 0.25) is 0 Å². The second-order valence-electron chi connectivity index (χ2n) is 6.41. The molecule has 2 aromatic rings. The van der Waals surface area contributed by atoms with Crippen LogP contribution >= 0.6 is 0 Å². The number of guanidine groups is 1. The minimum absolute atomic E-state index is 0.203. The number of ether oxygens (including phenoxy) is 1. The lowest BCUT2D eigenvalue weighted by atomic mass is 10.0. The van der Waals surface area contributed by atoms with Gasteiger partial charge in [0.2, 0.25) is 0 Å². The third-order valence-corrected chi connectivity index (χ3v) is 4.00. The molecule has 2 rings (SSSR count). The Labute approximate surface area is 155 Å². The van der Waals surface area contributed by atoms with Crippen molar-refractivity contribution in [1.82, 2.24) is 10.6 Å². The summed E-state index contributed by atoms with van der Waals surface area (Å²) in [5, 5.41) is 17.1. The van der Waals surface area contributed by atoms with Crippen LogP contribution in [0.1, 0.15) is 30.9 Å². The van der Waals surface area contributed by atoms with E-state index >= 15 is 0 Å². The first-order valence-electron chi connectivity index (χ1n) is 8.89. The zero-order valence-corrected chi connectivity index (χ0v) is 16.0. The van der Waals surface area contributed by atoms with E-state index in [9.17, 15) is 5.11 Å². The molecular formula is C20H29N3O3. The Bertz CT molecular complexity index is 723. The molecule has 0 saturated carbocycles. The minimum Gasteiger partial charge on any atom is -0.497 e. The second-order valence-corrected chi connectivity index (χ2v) is 6.41. The Morgan fingerprint density at radius 3 is 2.73 bits per heavy atom. The predicted octanol–water partition coefficient (Wildman–Crippen LogP) is 2.60. The van der Waals surface area contributed by atoms with Crippen molar-refractivity contribution in [2.75, 3.05) is 26.7 Å². The third-order valence-electron chi connectivity index (χ3n) is 4.00. The molecule has 3 N–H and O–H groups in total. The van der Waals surface area contributed by atoms with E-state index in [1.165, 1.54) is 5.56 Å². The molecule has 0 aliphatic rings. The van der Waals surface area contributed by atoms with Crippen LogP contribution in [0.4, 0.5) is 0 Å². The van der Waals surface area contributed by atoms with Gasteiger partial charge in [0, 0.05) is 13.1 Å². The maximum Gasteiger partial charge on any atom is 0.191 e. The summed E-state index contributed by atoms with van der Waals surface area (Å²) >= 11 is 0. The van der Waals surface area contributed by atoms with Crippen LogP contribution in [0.25, 0.3) is 0 Å². The van der Waals surface area contributed by atoms with Gasteiger partial charge in [-0.15, -0.1) is 0 Å². The van der Waals surface area contributed by atoms with Gasteiger partial charge < -0.3 is 24.9 Å². The minimum atomic E-state index is -1.15. The molecule has 6 heteroatoms.